The number of hydrogen-bond donors (Lipinski definition) is 0. The van der Waals surface area contributed by atoms with Crippen LogP contribution in [0.25, 0.3) is 0 Å². The van der Waals surface area contributed by atoms with Crippen molar-refractivity contribution < 1.29 is 0 Å². The van der Waals surface area contributed by atoms with Gasteiger partial charge in [0.2, 0.25) is 0 Å². The van der Waals surface area contributed by atoms with Crippen LogP contribution in [0.3, 0.4) is 0 Å². The summed E-state index contributed by atoms with van der Waals surface area (Å²) in [5.41, 5.74) is 1.89. The summed E-state index contributed by atoms with van der Waals surface area (Å²) in [6, 6.07) is 0. The Hall–Kier alpha value is -0.325. The Balaban J connectivity index is 2.93. The molecule has 0 atom stereocenters. The van der Waals surface area contributed by atoms with Crippen LogP contribution in [0.5, 0.6) is 0 Å². The van der Waals surface area contributed by atoms with E-state index in [1.165, 1.54) is 7.06 Å². The Labute approximate surface area is 97.3 Å². The second kappa shape index (κ2) is 4.27. The first-order valence-electron chi connectivity index (χ1n) is 6.20. The van der Waals surface area contributed by atoms with Crippen molar-refractivity contribution in [3.05, 3.63) is 23.8 Å². The third-order valence-electron chi connectivity index (χ3n) is 5.03. The maximum absolute atomic E-state index is 2.42. The molecule has 1 aliphatic rings. The fourth-order valence-corrected chi connectivity index (χ4v) is 2.45. The molecule has 80 valence electrons. The summed E-state index contributed by atoms with van der Waals surface area (Å²) in [5.74, 6) is 0. The molecule has 0 spiro atoms. The monoisotopic (exact) mass is 200 g/mol. The van der Waals surface area contributed by atoms with Gasteiger partial charge in [-0.1, -0.05) is 63.6 Å². The van der Waals surface area contributed by atoms with Gasteiger partial charge in [-0.3, -0.25) is 0 Å². The van der Waals surface area contributed by atoms with Crippen LogP contribution < -0.4 is 0 Å². The van der Waals surface area contributed by atoms with Crippen molar-refractivity contribution >= 4 is 21.4 Å². The molecule has 0 saturated carbocycles. The summed E-state index contributed by atoms with van der Waals surface area (Å²) < 4.78 is 0. The Morgan fingerprint density at radius 3 is 2.33 bits per heavy atom. The molecule has 0 amide bonds. The lowest BCUT2D eigenvalue weighted by Crippen LogP contribution is -2.43. The van der Waals surface area contributed by atoms with Crippen LogP contribution in [-0.2, 0) is 0 Å². The van der Waals surface area contributed by atoms with Crippen LogP contribution in [0.15, 0.2) is 23.8 Å². The molecular weight excluding hydrogens is 177 g/mol. The molecule has 3 heteroatoms. The maximum atomic E-state index is 2.42. The van der Waals surface area contributed by atoms with Crippen molar-refractivity contribution in [3.63, 3.8) is 0 Å². The van der Waals surface area contributed by atoms with Crippen LogP contribution in [0.1, 0.15) is 34.1 Å². The van der Waals surface area contributed by atoms with Crippen molar-refractivity contribution in [2.24, 2.45) is 5.41 Å². The van der Waals surface area contributed by atoms with E-state index in [-0.39, 0.29) is 0 Å². The summed E-state index contributed by atoms with van der Waals surface area (Å²) >= 11 is 0. The van der Waals surface area contributed by atoms with Crippen LogP contribution in [0.4, 0.5) is 0 Å². The lowest BCUT2D eigenvalue weighted by Gasteiger charge is -2.46. The highest BCUT2D eigenvalue weighted by Gasteiger charge is 2.43. The highest BCUT2D eigenvalue weighted by Crippen LogP contribution is 2.53. The van der Waals surface area contributed by atoms with Crippen molar-refractivity contribution in [3.8, 4) is 0 Å². The molecule has 0 aromatic rings. The van der Waals surface area contributed by atoms with Gasteiger partial charge in [-0.05, 0) is 11.8 Å². The van der Waals surface area contributed by atoms with Crippen molar-refractivity contribution in [1.82, 2.24) is 0 Å². The molecule has 0 bridgehead atoms. The normalized spacial score (nSPS) is 16.5. The smallest absolute Gasteiger partial charge is 0.0923 e. The molecule has 1 rings (SSSR count). The Morgan fingerprint density at radius 2 is 1.93 bits per heavy atom. The average molecular weight is 200 g/mol. The number of allylic oxidation sites excluding steroid dienone is 4. The van der Waals surface area contributed by atoms with Gasteiger partial charge >= 0.3 is 0 Å². The summed E-state index contributed by atoms with van der Waals surface area (Å²) in [4.78, 5) is 0. The zero-order valence-corrected chi connectivity index (χ0v) is 11.2. The highest BCUT2D eigenvalue weighted by atomic mass is 14.4. The van der Waals surface area contributed by atoms with E-state index in [4.69, 9.17) is 0 Å². The summed E-state index contributed by atoms with van der Waals surface area (Å²) in [6.07, 6.45) is 7.92. The second-order valence-corrected chi connectivity index (χ2v) is 5.98. The van der Waals surface area contributed by atoms with E-state index >= 15 is 0 Å². The molecule has 0 saturated heterocycles. The van der Waals surface area contributed by atoms with Crippen LogP contribution in [0, 0.1) is 5.41 Å². The molecule has 0 aliphatic heterocycles. The van der Waals surface area contributed by atoms with Crippen LogP contribution in [0.2, 0.25) is 12.1 Å². The van der Waals surface area contributed by atoms with Gasteiger partial charge in [0, 0.05) is 0 Å². The van der Waals surface area contributed by atoms with Gasteiger partial charge in [-0.25, -0.2) is 0 Å². The lowest BCUT2D eigenvalue weighted by atomic mass is 9.06. The Morgan fingerprint density at radius 1 is 1.33 bits per heavy atom. The fourth-order valence-electron chi connectivity index (χ4n) is 2.45. The van der Waals surface area contributed by atoms with Gasteiger partial charge in [0.15, 0.2) is 0 Å². The van der Waals surface area contributed by atoms with Gasteiger partial charge in [-0.2, -0.15) is 0 Å². The van der Waals surface area contributed by atoms with E-state index in [0.717, 1.165) is 13.0 Å². The molecule has 0 radical (unpaired) electrons. The summed E-state index contributed by atoms with van der Waals surface area (Å²) in [7, 11) is 3.56. The maximum Gasteiger partial charge on any atom is 0.101 e. The Kier molecular flexibility index (Phi) is 3.63. The van der Waals surface area contributed by atoms with Gasteiger partial charge in [0.25, 0.3) is 0 Å². The van der Waals surface area contributed by atoms with Gasteiger partial charge < -0.3 is 0 Å². The zero-order valence-electron chi connectivity index (χ0n) is 11.2. The predicted molar refractivity (Wildman–Crippen MR) is 77.0 cm³/mol. The zero-order chi connectivity index (χ0) is 11.7. The molecule has 15 heavy (non-hydrogen) atoms. The van der Waals surface area contributed by atoms with Gasteiger partial charge in [-0.15, -0.1) is 0 Å². The van der Waals surface area contributed by atoms with E-state index in [9.17, 15) is 0 Å². The van der Waals surface area contributed by atoms with E-state index in [1.807, 2.05) is 0 Å². The van der Waals surface area contributed by atoms with E-state index < -0.39 is 0 Å². The van der Waals surface area contributed by atoms with Crippen LogP contribution in [-0.4, -0.2) is 21.4 Å². The van der Waals surface area contributed by atoms with Crippen molar-refractivity contribution in [1.29, 1.82) is 0 Å². The molecule has 0 unspecified atom stereocenters. The van der Waals surface area contributed by atoms with Crippen molar-refractivity contribution in [2.75, 3.05) is 0 Å². The minimum atomic E-state index is 0.298. The average Bonchev–Trinajstić information content (AvgIpc) is 2.69. The fraction of sp³-hybridized carbons (Fsp3) is 0.667. The van der Waals surface area contributed by atoms with E-state index in [1.54, 1.807) is 5.57 Å². The summed E-state index contributed by atoms with van der Waals surface area (Å²) in [6.45, 7) is 12.8. The minimum Gasteiger partial charge on any atom is -0.0923 e. The largest absolute Gasteiger partial charge is 0.101 e. The van der Waals surface area contributed by atoms with Gasteiger partial charge in [0.05, 0.1) is 14.8 Å². The lowest BCUT2D eigenvalue weighted by molar-refractivity contribution is 0.320. The molecule has 0 N–H and O–H groups in total. The topological polar surface area (TPSA) is 0 Å². The SMILES string of the molecule is BBB(C)C(C)(C)C(C)(C)C1=CC=CC1. The molecular formula is C12H23B3. The third-order valence-corrected chi connectivity index (χ3v) is 5.03. The van der Waals surface area contributed by atoms with Crippen LogP contribution >= 0.6 is 0 Å². The van der Waals surface area contributed by atoms with E-state index in [0.29, 0.717) is 10.7 Å². The third kappa shape index (κ3) is 2.12. The molecule has 0 aromatic carbocycles. The number of hydrogen-bond acceptors (Lipinski definition) is 0. The molecule has 0 fully saturated rings. The van der Waals surface area contributed by atoms with Gasteiger partial charge in [0.1, 0.15) is 6.60 Å². The van der Waals surface area contributed by atoms with Crippen molar-refractivity contribution in [2.45, 2.75) is 46.3 Å². The summed E-state index contributed by atoms with van der Waals surface area (Å²) in [5, 5.41) is 0.361. The Bertz CT molecular complexity index is 287. The molecule has 0 aromatic heterocycles. The first kappa shape index (κ1) is 12.7. The predicted octanol–water partition coefficient (Wildman–Crippen LogP) is 2.29. The first-order valence-corrected chi connectivity index (χ1v) is 6.20. The highest BCUT2D eigenvalue weighted by molar-refractivity contribution is 7.31. The minimum absolute atomic E-state index is 0.298. The molecule has 0 heterocycles. The first-order chi connectivity index (χ1) is 6.84. The van der Waals surface area contributed by atoms with E-state index in [2.05, 4.69) is 60.5 Å². The number of rotatable bonds is 4. The second-order valence-electron chi connectivity index (χ2n) is 5.98. The quantitative estimate of drug-likeness (QED) is 0.610. The molecule has 0 nitrogen and oxygen atoms in total. The standard InChI is InChI=1S/C12H23B3/c1-11(2,10-8-6-7-9-10)12(3,4)15(5)14-13/h6-8,14H,9,13H2,1-5H3. The molecule has 1 aliphatic carbocycles.